The fraction of sp³-hybridized carbons (Fsp3) is 0.316. The predicted octanol–water partition coefficient (Wildman–Crippen LogP) is 0.284. The van der Waals surface area contributed by atoms with Crippen molar-refractivity contribution in [1.29, 1.82) is 0 Å². The number of hydrogen-bond acceptors (Lipinski definition) is 3. The van der Waals surface area contributed by atoms with Crippen LogP contribution in [0.5, 0.6) is 0 Å². The van der Waals surface area contributed by atoms with Crippen molar-refractivity contribution in [3.8, 4) is 0 Å². The van der Waals surface area contributed by atoms with E-state index in [4.69, 9.17) is 0 Å². The molecule has 1 amide bonds. The van der Waals surface area contributed by atoms with Crippen LogP contribution in [0.25, 0.3) is 0 Å². The minimum Gasteiger partial charge on any atom is -0.318 e. The van der Waals surface area contributed by atoms with E-state index in [9.17, 15) is 13.2 Å². The van der Waals surface area contributed by atoms with Gasteiger partial charge in [0.1, 0.15) is 24.4 Å². The number of rotatable bonds is 3. The molecule has 1 unspecified atom stereocenters. The van der Waals surface area contributed by atoms with Gasteiger partial charge in [0.05, 0.1) is 5.75 Å². The van der Waals surface area contributed by atoms with E-state index in [1.54, 1.807) is 4.90 Å². The molecule has 0 aliphatic carbocycles. The molecular formula is C19H21N2O3S+. The Morgan fingerprint density at radius 3 is 2.28 bits per heavy atom. The number of fused-ring (bicyclic) bond motifs is 1. The number of anilines is 1. The Hall–Kier alpha value is -2.18. The van der Waals surface area contributed by atoms with Crippen molar-refractivity contribution in [3.63, 3.8) is 0 Å². The number of nitrogens with one attached hydrogen (secondary N) is 1. The molecule has 2 heterocycles. The van der Waals surface area contributed by atoms with E-state index in [1.807, 2.05) is 60.7 Å². The quantitative estimate of drug-likeness (QED) is 0.859. The van der Waals surface area contributed by atoms with Crippen LogP contribution in [0.3, 0.4) is 0 Å². The molecule has 0 saturated carbocycles. The zero-order valence-electron chi connectivity index (χ0n) is 13.8. The fourth-order valence-electron chi connectivity index (χ4n) is 4.04. The van der Waals surface area contributed by atoms with Crippen LogP contribution in [0.2, 0.25) is 0 Å². The van der Waals surface area contributed by atoms with Crippen LogP contribution >= 0.6 is 0 Å². The highest BCUT2D eigenvalue weighted by Crippen LogP contribution is 2.26. The second-order valence-corrected chi connectivity index (χ2v) is 9.00. The minimum absolute atomic E-state index is 0.00418. The largest absolute Gasteiger partial charge is 0.318 e. The number of amides is 1. The average Bonchev–Trinajstić information content (AvgIpc) is 2.92. The highest BCUT2D eigenvalue weighted by atomic mass is 32.2. The van der Waals surface area contributed by atoms with Gasteiger partial charge in [-0.05, 0) is 12.1 Å². The lowest BCUT2D eigenvalue weighted by Gasteiger charge is -2.40. The van der Waals surface area contributed by atoms with E-state index < -0.39 is 9.84 Å². The van der Waals surface area contributed by atoms with E-state index in [0.29, 0.717) is 13.1 Å². The normalized spacial score (nSPS) is 27.9. The number of carbonyl (C=O) groups excluding carboxylic acids is 1. The SMILES string of the molecule is O=C1C[NH+](Cc2ccccc2)[C@H]2CS(=O)(=O)C[C@H]2N1c1ccccc1. The highest BCUT2D eigenvalue weighted by Gasteiger charge is 2.52. The van der Waals surface area contributed by atoms with Crippen molar-refractivity contribution < 1.29 is 18.1 Å². The Kier molecular flexibility index (Phi) is 4.09. The van der Waals surface area contributed by atoms with Gasteiger partial charge in [-0.15, -0.1) is 0 Å². The van der Waals surface area contributed by atoms with Gasteiger partial charge in [-0.1, -0.05) is 48.5 Å². The Labute approximate surface area is 147 Å². The second-order valence-electron chi connectivity index (χ2n) is 6.85. The van der Waals surface area contributed by atoms with Crippen LogP contribution < -0.4 is 9.80 Å². The third kappa shape index (κ3) is 3.19. The van der Waals surface area contributed by atoms with Crippen LogP contribution in [0.1, 0.15) is 5.56 Å². The van der Waals surface area contributed by atoms with Crippen molar-refractivity contribution in [2.45, 2.75) is 18.6 Å². The number of hydrogen-bond donors (Lipinski definition) is 1. The molecule has 4 rings (SSSR count). The van der Waals surface area contributed by atoms with E-state index >= 15 is 0 Å². The topological polar surface area (TPSA) is 58.9 Å². The lowest BCUT2D eigenvalue weighted by molar-refractivity contribution is -0.931. The Bertz CT molecular complexity index is 868. The summed E-state index contributed by atoms with van der Waals surface area (Å²) in [4.78, 5) is 15.6. The van der Waals surface area contributed by atoms with E-state index in [2.05, 4.69) is 0 Å². The molecule has 6 heteroatoms. The molecule has 130 valence electrons. The highest BCUT2D eigenvalue weighted by molar-refractivity contribution is 7.91. The Balaban J connectivity index is 1.67. The molecule has 0 spiro atoms. The van der Waals surface area contributed by atoms with Crippen LogP contribution in [0.15, 0.2) is 60.7 Å². The number of piperazine rings is 1. The molecule has 0 bridgehead atoms. The molecule has 5 nitrogen and oxygen atoms in total. The minimum atomic E-state index is -3.13. The summed E-state index contributed by atoms with van der Waals surface area (Å²) in [6.07, 6.45) is 0. The van der Waals surface area contributed by atoms with Gasteiger partial charge in [-0.25, -0.2) is 8.42 Å². The molecule has 2 saturated heterocycles. The van der Waals surface area contributed by atoms with E-state index in [0.717, 1.165) is 16.2 Å². The number of nitrogens with zero attached hydrogens (tertiary/aromatic N) is 1. The van der Waals surface area contributed by atoms with Gasteiger partial charge in [-0.3, -0.25) is 9.69 Å². The first-order chi connectivity index (χ1) is 12.0. The molecule has 0 aromatic heterocycles. The molecule has 2 aromatic rings. The summed E-state index contributed by atoms with van der Waals surface area (Å²) in [5.41, 5.74) is 1.92. The molecule has 0 radical (unpaired) electrons. The van der Waals surface area contributed by atoms with Crippen molar-refractivity contribution >= 4 is 21.4 Å². The number of benzene rings is 2. The summed E-state index contributed by atoms with van der Waals surface area (Å²) >= 11 is 0. The maximum atomic E-state index is 12.9. The van der Waals surface area contributed by atoms with Gasteiger partial charge in [0, 0.05) is 11.3 Å². The van der Waals surface area contributed by atoms with Gasteiger partial charge in [0.25, 0.3) is 5.91 Å². The Morgan fingerprint density at radius 1 is 0.960 bits per heavy atom. The molecule has 2 aliphatic rings. The van der Waals surface area contributed by atoms with Gasteiger partial charge < -0.3 is 4.90 Å². The number of quaternary nitrogens is 1. The summed E-state index contributed by atoms with van der Waals surface area (Å²) in [5, 5.41) is 0. The zero-order valence-corrected chi connectivity index (χ0v) is 14.7. The third-order valence-corrected chi connectivity index (χ3v) is 6.85. The lowest BCUT2D eigenvalue weighted by Crippen LogP contribution is -3.19. The second kappa shape index (κ2) is 6.28. The molecule has 2 aliphatic heterocycles. The number of sulfone groups is 1. The molecular weight excluding hydrogens is 336 g/mol. The van der Waals surface area contributed by atoms with Gasteiger partial charge >= 0.3 is 0 Å². The summed E-state index contributed by atoms with van der Waals surface area (Å²) < 4.78 is 24.7. The first-order valence-electron chi connectivity index (χ1n) is 8.49. The first-order valence-corrected chi connectivity index (χ1v) is 10.3. The summed E-state index contributed by atoms with van der Waals surface area (Å²) in [7, 11) is -3.13. The van der Waals surface area contributed by atoms with Crippen molar-refractivity contribution in [3.05, 3.63) is 66.2 Å². The molecule has 3 atom stereocenters. The van der Waals surface area contributed by atoms with E-state index in [-0.39, 0.29) is 29.5 Å². The van der Waals surface area contributed by atoms with Crippen LogP contribution in [-0.4, -0.2) is 44.5 Å². The van der Waals surface area contributed by atoms with Crippen LogP contribution in [-0.2, 0) is 21.2 Å². The smallest absolute Gasteiger partial charge is 0.282 e. The Morgan fingerprint density at radius 2 is 1.60 bits per heavy atom. The van der Waals surface area contributed by atoms with Gasteiger partial charge in [0.15, 0.2) is 16.4 Å². The van der Waals surface area contributed by atoms with Gasteiger partial charge in [-0.2, -0.15) is 0 Å². The average molecular weight is 357 g/mol. The standard InChI is InChI=1S/C19H20N2O3S/c22-19-12-20(11-15-7-3-1-4-8-15)17-13-25(23,24)14-18(17)21(19)16-9-5-2-6-10-16/h1-10,17-18H,11-14H2/p+1/t17-,18+/m0/s1. The van der Waals surface area contributed by atoms with Crippen molar-refractivity contribution in [2.75, 3.05) is 23.0 Å². The van der Waals surface area contributed by atoms with Crippen LogP contribution in [0.4, 0.5) is 5.69 Å². The first kappa shape index (κ1) is 16.3. The number of para-hydroxylation sites is 1. The molecule has 2 fully saturated rings. The molecule has 1 N–H and O–H groups in total. The number of carbonyl (C=O) groups is 1. The monoisotopic (exact) mass is 357 g/mol. The molecule has 25 heavy (non-hydrogen) atoms. The fourth-order valence-corrected chi connectivity index (χ4v) is 6.09. The third-order valence-electron chi connectivity index (χ3n) is 5.13. The lowest BCUT2D eigenvalue weighted by atomic mass is 10.0. The van der Waals surface area contributed by atoms with Crippen molar-refractivity contribution in [1.82, 2.24) is 0 Å². The van der Waals surface area contributed by atoms with Gasteiger partial charge in [0.2, 0.25) is 0 Å². The zero-order chi connectivity index (χ0) is 17.4. The summed E-state index contributed by atoms with van der Waals surface area (Å²) in [6, 6.07) is 19.0. The maximum absolute atomic E-state index is 12.9. The summed E-state index contributed by atoms with van der Waals surface area (Å²) in [6.45, 7) is 0.992. The van der Waals surface area contributed by atoms with E-state index in [1.165, 1.54) is 0 Å². The maximum Gasteiger partial charge on any atom is 0.282 e. The summed E-state index contributed by atoms with van der Waals surface area (Å²) in [5.74, 6) is 0.197. The van der Waals surface area contributed by atoms with Crippen LogP contribution in [0, 0.1) is 0 Å². The predicted molar refractivity (Wildman–Crippen MR) is 96.1 cm³/mol. The molecule has 2 aromatic carbocycles. The van der Waals surface area contributed by atoms with Crippen molar-refractivity contribution in [2.24, 2.45) is 0 Å².